The van der Waals surface area contributed by atoms with Gasteiger partial charge in [-0.1, -0.05) is 19.1 Å². The number of rotatable bonds is 5. The minimum atomic E-state index is -0.267. The summed E-state index contributed by atoms with van der Waals surface area (Å²) in [5, 5.41) is 0. The van der Waals surface area contributed by atoms with Crippen LogP contribution in [0.5, 0.6) is 0 Å². The molecule has 0 bridgehead atoms. The molecule has 0 aliphatic heterocycles. The Hall–Kier alpha value is -1.17. The number of hydrazine groups is 1. The topological polar surface area (TPSA) is 51.2 Å². The third kappa shape index (κ3) is 3.05. The summed E-state index contributed by atoms with van der Waals surface area (Å²) in [5.41, 5.74) is 4.65. The van der Waals surface area contributed by atoms with Gasteiger partial charge in [0.05, 0.1) is 16.8 Å². The molecule has 0 aliphatic carbocycles. The molecular weight excluding hydrogens is 311 g/mol. The highest BCUT2D eigenvalue weighted by Crippen LogP contribution is 2.27. The summed E-state index contributed by atoms with van der Waals surface area (Å²) >= 11 is 3.27. The van der Waals surface area contributed by atoms with E-state index in [0.717, 1.165) is 23.3 Å². The standard InChI is InChI=1S/C14H16BrFN2O/c1-2-13-10(6-7-19-13)12(18-17)8-9-4-3-5-11(16)14(9)15/h3-7,12,18H,2,8,17H2,1H3. The van der Waals surface area contributed by atoms with Gasteiger partial charge < -0.3 is 4.42 Å². The van der Waals surface area contributed by atoms with Gasteiger partial charge in [-0.25, -0.2) is 4.39 Å². The second-order valence-electron chi connectivity index (χ2n) is 4.29. The normalized spacial score (nSPS) is 12.6. The summed E-state index contributed by atoms with van der Waals surface area (Å²) in [7, 11) is 0. The summed E-state index contributed by atoms with van der Waals surface area (Å²) in [4.78, 5) is 0. The SMILES string of the molecule is CCc1occc1C(Cc1cccc(F)c1Br)NN. The number of halogens is 2. The summed E-state index contributed by atoms with van der Waals surface area (Å²) in [6.07, 6.45) is 3.03. The molecule has 0 radical (unpaired) electrons. The lowest BCUT2D eigenvalue weighted by Gasteiger charge is -2.17. The number of hydrogen-bond donors (Lipinski definition) is 2. The maximum Gasteiger partial charge on any atom is 0.137 e. The fraction of sp³-hybridized carbons (Fsp3) is 0.286. The molecule has 3 nitrogen and oxygen atoms in total. The molecule has 1 unspecified atom stereocenters. The molecule has 0 amide bonds. The number of nitrogens with one attached hydrogen (secondary N) is 1. The van der Waals surface area contributed by atoms with Crippen molar-refractivity contribution >= 4 is 15.9 Å². The van der Waals surface area contributed by atoms with Crippen LogP contribution in [0.4, 0.5) is 4.39 Å². The van der Waals surface area contributed by atoms with Crippen LogP contribution in [0.3, 0.4) is 0 Å². The van der Waals surface area contributed by atoms with Crippen molar-refractivity contribution in [1.82, 2.24) is 5.43 Å². The maximum atomic E-state index is 13.5. The van der Waals surface area contributed by atoms with E-state index in [-0.39, 0.29) is 11.9 Å². The van der Waals surface area contributed by atoms with E-state index in [4.69, 9.17) is 10.3 Å². The van der Waals surface area contributed by atoms with Gasteiger partial charge >= 0.3 is 0 Å². The molecule has 1 heterocycles. The van der Waals surface area contributed by atoms with Crippen LogP contribution in [0.15, 0.2) is 39.4 Å². The second-order valence-corrected chi connectivity index (χ2v) is 5.08. The zero-order chi connectivity index (χ0) is 13.8. The van der Waals surface area contributed by atoms with Crippen LogP contribution in [0.1, 0.15) is 29.9 Å². The molecule has 1 aromatic heterocycles. The molecule has 1 atom stereocenters. The lowest BCUT2D eigenvalue weighted by atomic mass is 9.99. The number of nitrogens with two attached hydrogens (primary N) is 1. The molecule has 0 saturated carbocycles. The van der Waals surface area contributed by atoms with Crippen LogP contribution in [0.2, 0.25) is 0 Å². The van der Waals surface area contributed by atoms with Crippen LogP contribution in [-0.4, -0.2) is 0 Å². The first-order valence-corrected chi connectivity index (χ1v) is 6.92. The van der Waals surface area contributed by atoms with Gasteiger partial charge in [-0.2, -0.15) is 0 Å². The largest absolute Gasteiger partial charge is 0.469 e. The Kier molecular flexibility index (Phi) is 4.74. The fourth-order valence-electron chi connectivity index (χ4n) is 2.13. The third-order valence-corrected chi connectivity index (χ3v) is 4.02. The van der Waals surface area contributed by atoms with E-state index in [2.05, 4.69) is 21.4 Å². The van der Waals surface area contributed by atoms with Crippen molar-refractivity contribution in [3.05, 3.63) is 57.7 Å². The quantitative estimate of drug-likeness (QED) is 0.653. The van der Waals surface area contributed by atoms with Gasteiger partial charge in [-0.15, -0.1) is 0 Å². The van der Waals surface area contributed by atoms with Crippen molar-refractivity contribution in [2.45, 2.75) is 25.8 Å². The van der Waals surface area contributed by atoms with Crippen LogP contribution < -0.4 is 11.3 Å². The Morgan fingerprint density at radius 3 is 2.89 bits per heavy atom. The Morgan fingerprint density at radius 2 is 2.21 bits per heavy atom. The summed E-state index contributed by atoms with van der Waals surface area (Å²) in [5.74, 6) is 6.25. The first-order valence-electron chi connectivity index (χ1n) is 6.12. The maximum absolute atomic E-state index is 13.5. The van der Waals surface area contributed by atoms with E-state index in [0.29, 0.717) is 10.9 Å². The van der Waals surface area contributed by atoms with Gasteiger partial charge in [-0.3, -0.25) is 11.3 Å². The Morgan fingerprint density at radius 1 is 1.42 bits per heavy atom. The molecule has 2 rings (SSSR count). The van der Waals surface area contributed by atoms with Crippen molar-refractivity contribution in [3.8, 4) is 0 Å². The molecule has 102 valence electrons. The van der Waals surface area contributed by atoms with E-state index in [1.54, 1.807) is 12.3 Å². The predicted octanol–water partition coefficient (Wildman–Crippen LogP) is 3.49. The molecule has 3 N–H and O–H groups in total. The van der Waals surface area contributed by atoms with E-state index in [9.17, 15) is 4.39 Å². The Labute approximate surface area is 120 Å². The molecule has 0 spiro atoms. The van der Waals surface area contributed by atoms with Gasteiger partial charge in [0.25, 0.3) is 0 Å². The molecule has 2 aromatic rings. The van der Waals surface area contributed by atoms with E-state index >= 15 is 0 Å². The van der Waals surface area contributed by atoms with Gasteiger partial charge in [0.1, 0.15) is 11.6 Å². The number of aryl methyl sites for hydroxylation is 1. The average Bonchev–Trinajstić information content (AvgIpc) is 2.88. The second kappa shape index (κ2) is 6.32. The van der Waals surface area contributed by atoms with E-state index in [1.807, 2.05) is 19.1 Å². The van der Waals surface area contributed by atoms with Crippen LogP contribution in [0, 0.1) is 5.82 Å². The first-order chi connectivity index (χ1) is 9.17. The van der Waals surface area contributed by atoms with Gasteiger partial charge in [-0.05, 0) is 40.0 Å². The smallest absolute Gasteiger partial charge is 0.137 e. The average molecular weight is 327 g/mol. The third-order valence-electron chi connectivity index (χ3n) is 3.13. The van der Waals surface area contributed by atoms with Crippen molar-refractivity contribution in [1.29, 1.82) is 0 Å². The monoisotopic (exact) mass is 326 g/mol. The summed E-state index contributed by atoms with van der Waals surface area (Å²) in [6.45, 7) is 2.02. The highest BCUT2D eigenvalue weighted by atomic mass is 79.9. The summed E-state index contributed by atoms with van der Waals surface area (Å²) < 4.78 is 19.4. The Bertz CT molecular complexity index is 556. The van der Waals surface area contributed by atoms with Crippen molar-refractivity contribution in [2.75, 3.05) is 0 Å². The van der Waals surface area contributed by atoms with Crippen LogP contribution >= 0.6 is 15.9 Å². The number of benzene rings is 1. The van der Waals surface area contributed by atoms with Crippen molar-refractivity contribution < 1.29 is 8.81 Å². The molecule has 0 aliphatic rings. The lowest BCUT2D eigenvalue weighted by Crippen LogP contribution is -2.30. The van der Waals surface area contributed by atoms with Gasteiger partial charge in [0.2, 0.25) is 0 Å². The summed E-state index contributed by atoms with van der Waals surface area (Å²) in [6, 6.07) is 6.79. The first kappa shape index (κ1) is 14.2. The van der Waals surface area contributed by atoms with Gasteiger partial charge in [0.15, 0.2) is 0 Å². The van der Waals surface area contributed by atoms with Crippen LogP contribution in [0.25, 0.3) is 0 Å². The highest BCUT2D eigenvalue weighted by Gasteiger charge is 2.18. The highest BCUT2D eigenvalue weighted by molar-refractivity contribution is 9.10. The van der Waals surface area contributed by atoms with Crippen LogP contribution in [-0.2, 0) is 12.8 Å². The zero-order valence-corrected chi connectivity index (χ0v) is 12.2. The minimum Gasteiger partial charge on any atom is -0.469 e. The molecule has 0 saturated heterocycles. The molecular formula is C14H16BrFN2O. The molecule has 1 aromatic carbocycles. The van der Waals surface area contributed by atoms with E-state index in [1.165, 1.54) is 6.07 Å². The number of furan rings is 1. The van der Waals surface area contributed by atoms with Crippen molar-refractivity contribution in [2.24, 2.45) is 5.84 Å². The molecule has 0 fully saturated rings. The van der Waals surface area contributed by atoms with Gasteiger partial charge in [0, 0.05) is 12.0 Å². The number of hydrogen-bond acceptors (Lipinski definition) is 3. The van der Waals surface area contributed by atoms with Crippen molar-refractivity contribution in [3.63, 3.8) is 0 Å². The lowest BCUT2D eigenvalue weighted by molar-refractivity contribution is 0.486. The Balaban J connectivity index is 2.27. The minimum absolute atomic E-state index is 0.105. The zero-order valence-electron chi connectivity index (χ0n) is 10.6. The predicted molar refractivity (Wildman–Crippen MR) is 76.0 cm³/mol. The van der Waals surface area contributed by atoms with E-state index < -0.39 is 0 Å². The fourth-order valence-corrected chi connectivity index (χ4v) is 2.56. The molecule has 19 heavy (non-hydrogen) atoms. The molecule has 5 heteroatoms.